The summed E-state index contributed by atoms with van der Waals surface area (Å²) in [6, 6.07) is 1.33. The minimum Gasteiger partial charge on any atom is -0.477 e. The molecule has 2 amide bonds. The second-order valence-corrected chi connectivity index (χ2v) is 5.33. The first-order valence-electron chi connectivity index (χ1n) is 7.04. The van der Waals surface area contributed by atoms with Gasteiger partial charge in [0.25, 0.3) is 0 Å². The molecule has 0 spiro atoms. The zero-order valence-corrected chi connectivity index (χ0v) is 12.5. The molecule has 7 heteroatoms. The Morgan fingerprint density at radius 1 is 1.57 bits per heavy atom. The topological polar surface area (TPSA) is 94.7 Å². The first-order chi connectivity index (χ1) is 9.92. The average molecular weight is 295 g/mol. The predicted octanol–water partition coefficient (Wildman–Crippen LogP) is 2.05. The van der Waals surface area contributed by atoms with Gasteiger partial charge in [-0.05, 0) is 26.3 Å². The van der Waals surface area contributed by atoms with Gasteiger partial charge in [-0.25, -0.2) is 9.59 Å². The predicted molar refractivity (Wildman–Crippen MR) is 77.7 cm³/mol. The van der Waals surface area contributed by atoms with E-state index < -0.39 is 5.97 Å². The molecular formula is C14H21N3O4. The molecule has 21 heavy (non-hydrogen) atoms. The summed E-state index contributed by atoms with van der Waals surface area (Å²) in [5.41, 5.74) is 0.972. The highest BCUT2D eigenvalue weighted by Crippen LogP contribution is 2.20. The number of amides is 2. The van der Waals surface area contributed by atoms with E-state index in [-0.39, 0.29) is 23.9 Å². The minimum absolute atomic E-state index is 0.00444. The molecule has 0 radical (unpaired) electrons. The van der Waals surface area contributed by atoms with Gasteiger partial charge < -0.3 is 25.0 Å². The lowest BCUT2D eigenvalue weighted by Gasteiger charge is -2.38. The lowest BCUT2D eigenvalue weighted by Crippen LogP contribution is -2.52. The van der Waals surface area contributed by atoms with Gasteiger partial charge in [0.1, 0.15) is 5.69 Å². The smallest absolute Gasteiger partial charge is 0.354 e. The fourth-order valence-corrected chi connectivity index (χ4v) is 2.47. The molecule has 0 aliphatic carbocycles. The zero-order chi connectivity index (χ0) is 15.6. The lowest BCUT2D eigenvalue weighted by atomic mass is 10.1. The van der Waals surface area contributed by atoms with Crippen molar-refractivity contribution >= 4 is 17.7 Å². The number of ether oxygens (including phenoxy) is 1. The number of hydrogen-bond acceptors (Lipinski definition) is 3. The molecule has 1 fully saturated rings. The standard InChI is InChI=1S/C14H21N3O4/c1-4-10-7-21-9(3)6-17(10)14(20)16-11-5-8(2)15-12(11)13(18)19/h5,9-10,15H,4,6-7H2,1-3H3,(H,16,20)(H,18,19). The third-order valence-electron chi connectivity index (χ3n) is 3.61. The van der Waals surface area contributed by atoms with Crippen molar-refractivity contribution in [3.8, 4) is 0 Å². The van der Waals surface area contributed by atoms with E-state index in [1.165, 1.54) is 0 Å². The van der Waals surface area contributed by atoms with Crippen molar-refractivity contribution in [2.45, 2.75) is 39.3 Å². The molecule has 2 heterocycles. The van der Waals surface area contributed by atoms with Crippen LogP contribution in [0.3, 0.4) is 0 Å². The maximum Gasteiger partial charge on any atom is 0.354 e. The Balaban J connectivity index is 2.15. The summed E-state index contributed by atoms with van der Waals surface area (Å²) in [6.07, 6.45) is 0.767. The number of aromatic nitrogens is 1. The minimum atomic E-state index is -1.10. The SMILES string of the molecule is CCC1COC(C)CN1C(=O)Nc1cc(C)[nH]c1C(=O)O. The van der Waals surface area contributed by atoms with Crippen molar-refractivity contribution in [2.75, 3.05) is 18.5 Å². The van der Waals surface area contributed by atoms with Gasteiger partial charge >= 0.3 is 12.0 Å². The van der Waals surface area contributed by atoms with E-state index in [0.717, 1.165) is 6.42 Å². The first-order valence-corrected chi connectivity index (χ1v) is 7.04. The van der Waals surface area contributed by atoms with E-state index in [0.29, 0.717) is 24.5 Å². The number of nitrogens with one attached hydrogen (secondary N) is 2. The number of carboxylic acid groups (broad SMARTS) is 1. The second-order valence-electron chi connectivity index (χ2n) is 5.33. The number of aromatic amines is 1. The van der Waals surface area contributed by atoms with Gasteiger partial charge in [-0.2, -0.15) is 0 Å². The van der Waals surface area contributed by atoms with E-state index in [2.05, 4.69) is 10.3 Å². The van der Waals surface area contributed by atoms with Crippen LogP contribution in [0.4, 0.5) is 10.5 Å². The number of rotatable bonds is 3. The van der Waals surface area contributed by atoms with Crippen LogP contribution >= 0.6 is 0 Å². The average Bonchev–Trinajstić information content (AvgIpc) is 2.79. The normalized spacial score (nSPS) is 22.1. The summed E-state index contributed by atoms with van der Waals surface area (Å²) in [5.74, 6) is -1.10. The van der Waals surface area contributed by atoms with Crippen LogP contribution in [0.25, 0.3) is 0 Å². The number of aryl methyl sites for hydroxylation is 1. The number of carbonyl (C=O) groups excluding carboxylic acids is 1. The molecule has 1 saturated heterocycles. The molecule has 1 aliphatic rings. The molecule has 1 aromatic rings. The Hall–Kier alpha value is -2.02. The number of carboxylic acids is 1. The van der Waals surface area contributed by atoms with Crippen LogP contribution in [0.1, 0.15) is 36.5 Å². The number of hydrogen-bond donors (Lipinski definition) is 3. The van der Waals surface area contributed by atoms with Crippen molar-refractivity contribution < 1.29 is 19.4 Å². The van der Waals surface area contributed by atoms with Crippen LogP contribution in [0.2, 0.25) is 0 Å². The number of nitrogens with zero attached hydrogens (tertiary/aromatic N) is 1. The summed E-state index contributed by atoms with van der Waals surface area (Å²) >= 11 is 0. The van der Waals surface area contributed by atoms with Crippen LogP contribution in [0, 0.1) is 6.92 Å². The number of morpholine rings is 1. The van der Waals surface area contributed by atoms with Gasteiger partial charge in [-0.3, -0.25) is 0 Å². The molecule has 7 nitrogen and oxygen atoms in total. The summed E-state index contributed by atoms with van der Waals surface area (Å²) in [7, 11) is 0. The van der Waals surface area contributed by atoms with Crippen molar-refractivity contribution in [3.63, 3.8) is 0 Å². The van der Waals surface area contributed by atoms with Crippen molar-refractivity contribution in [1.82, 2.24) is 9.88 Å². The Bertz CT molecular complexity index is 540. The van der Waals surface area contributed by atoms with Gasteiger partial charge in [-0.15, -0.1) is 0 Å². The first kappa shape index (κ1) is 15.4. The molecule has 2 atom stereocenters. The van der Waals surface area contributed by atoms with Crippen LogP contribution in [0.15, 0.2) is 6.07 Å². The van der Waals surface area contributed by atoms with Crippen LogP contribution in [0.5, 0.6) is 0 Å². The Labute approximate surface area is 123 Å². The van der Waals surface area contributed by atoms with Gasteiger partial charge in [-0.1, -0.05) is 6.92 Å². The van der Waals surface area contributed by atoms with E-state index >= 15 is 0 Å². The summed E-state index contributed by atoms with van der Waals surface area (Å²) in [5, 5.41) is 11.8. The summed E-state index contributed by atoms with van der Waals surface area (Å²) < 4.78 is 5.56. The number of urea groups is 1. The molecule has 2 unspecified atom stereocenters. The Kier molecular flexibility index (Phi) is 4.52. The van der Waals surface area contributed by atoms with E-state index in [1.807, 2.05) is 13.8 Å². The van der Waals surface area contributed by atoms with Crippen LogP contribution in [-0.4, -0.2) is 52.3 Å². The third kappa shape index (κ3) is 3.36. The fraction of sp³-hybridized carbons (Fsp3) is 0.571. The monoisotopic (exact) mass is 295 g/mol. The number of anilines is 1. The summed E-state index contributed by atoms with van der Waals surface area (Å²) in [4.78, 5) is 28.0. The number of aromatic carboxylic acids is 1. The largest absolute Gasteiger partial charge is 0.477 e. The molecule has 3 N–H and O–H groups in total. The molecule has 1 aliphatic heterocycles. The molecule has 2 rings (SSSR count). The van der Waals surface area contributed by atoms with Gasteiger partial charge in [0.15, 0.2) is 0 Å². The molecule has 0 saturated carbocycles. The Morgan fingerprint density at radius 2 is 2.29 bits per heavy atom. The maximum absolute atomic E-state index is 12.4. The second kappa shape index (κ2) is 6.17. The fourth-order valence-electron chi connectivity index (χ4n) is 2.47. The van der Waals surface area contributed by atoms with E-state index in [4.69, 9.17) is 9.84 Å². The van der Waals surface area contributed by atoms with E-state index in [1.54, 1.807) is 17.9 Å². The summed E-state index contributed by atoms with van der Waals surface area (Å²) in [6.45, 7) is 6.65. The van der Waals surface area contributed by atoms with Crippen LogP contribution < -0.4 is 5.32 Å². The molecule has 1 aromatic heterocycles. The quantitative estimate of drug-likeness (QED) is 0.795. The maximum atomic E-state index is 12.4. The zero-order valence-electron chi connectivity index (χ0n) is 12.5. The van der Waals surface area contributed by atoms with Crippen LogP contribution in [-0.2, 0) is 4.74 Å². The number of H-pyrrole nitrogens is 1. The highest BCUT2D eigenvalue weighted by Gasteiger charge is 2.30. The van der Waals surface area contributed by atoms with Crippen molar-refractivity contribution in [1.29, 1.82) is 0 Å². The third-order valence-corrected chi connectivity index (χ3v) is 3.61. The molecule has 116 valence electrons. The van der Waals surface area contributed by atoms with E-state index in [9.17, 15) is 9.59 Å². The Morgan fingerprint density at radius 3 is 2.90 bits per heavy atom. The van der Waals surface area contributed by atoms with Crippen molar-refractivity contribution in [2.24, 2.45) is 0 Å². The number of carbonyl (C=O) groups is 2. The highest BCUT2D eigenvalue weighted by molar-refractivity contribution is 5.99. The van der Waals surface area contributed by atoms with Gasteiger partial charge in [0, 0.05) is 12.2 Å². The molecular weight excluding hydrogens is 274 g/mol. The van der Waals surface area contributed by atoms with Gasteiger partial charge in [0.05, 0.1) is 24.4 Å². The van der Waals surface area contributed by atoms with Gasteiger partial charge in [0.2, 0.25) is 0 Å². The van der Waals surface area contributed by atoms with Crippen molar-refractivity contribution in [3.05, 3.63) is 17.5 Å². The highest BCUT2D eigenvalue weighted by atomic mass is 16.5. The molecule has 0 bridgehead atoms. The molecule has 0 aromatic carbocycles. The lowest BCUT2D eigenvalue weighted by molar-refractivity contribution is -0.0357.